The fourth-order valence-electron chi connectivity index (χ4n) is 0.525. The highest BCUT2D eigenvalue weighted by Gasteiger charge is 2.00. The Hall–Kier alpha value is 0.200. The first-order valence-corrected chi connectivity index (χ1v) is 6.62. The van der Waals surface area contributed by atoms with Crippen LogP contribution in [0.5, 0.6) is 0 Å². The maximum atomic E-state index is 3.70. The van der Waals surface area contributed by atoms with Crippen molar-refractivity contribution in [2.24, 2.45) is 7.05 Å². The van der Waals surface area contributed by atoms with Gasteiger partial charge in [-0.15, -0.1) is 15.3 Å². The Labute approximate surface area is 119 Å². The molecule has 15 heavy (non-hydrogen) atoms. The normalized spacial score (nSPS) is 9.67. The van der Waals surface area contributed by atoms with Crippen LogP contribution in [-0.4, -0.2) is 30.4 Å². The topological polar surface area (TPSA) is 72.3 Å². The third kappa shape index (κ3) is 3.93. The second-order valence-corrected chi connectivity index (χ2v) is 5.20. The third-order valence-corrected chi connectivity index (χ3v) is 4.78. The van der Waals surface area contributed by atoms with Gasteiger partial charge >= 0.3 is 0 Å². The molecule has 6 nitrogen and oxygen atoms in total. The molecular weight excluding hydrogens is 464 g/mol. The van der Waals surface area contributed by atoms with Crippen LogP contribution < -0.4 is 0 Å². The summed E-state index contributed by atoms with van der Waals surface area (Å²) in [6.07, 6.45) is 0. The lowest BCUT2D eigenvalue weighted by Gasteiger charge is -1.84. The Bertz CT molecular complexity index is 400. The van der Waals surface area contributed by atoms with Gasteiger partial charge in [-0.05, 0) is 63.7 Å². The molecule has 0 saturated heterocycles. The summed E-state index contributed by atoms with van der Waals surface area (Å²) in [5, 5.41) is 17.1. The summed E-state index contributed by atoms with van der Waals surface area (Å²) >= 11 is 12.6. The van der Waals surface area contributed by atoms with E-state index in [2.05, 4.69) is 89.4 Å². The molecule has 0 radical (unpaired) electrons. The van der Waals surface area contributed by atoms with E-state index in [0.717, 1.165) is 9.21 Å². The van der Waals surface area contributed by atoms with Crippen molar-refractivity contribution in [3.8, 4) is 0 Å². The number of aromatic amines is 1. The molecular formula is C5H4Br4N6. The van der Waals surface area contributed by atoms with E-state index in [4.69, 9.17) is 0 Å². The molecule has 0 aliphatic rings. The van der Waals surface area contributed by atoms with Crippen molar-refractivity contribution < 1.29 is 0 Å². The summed E-state index contributed by atoms with van der Waals surface area (Å²) in [5.41, 5.74) is 0. The summed E-state index contributed by atoms with van der Waals surface area (Å²) in [6, 6.07) is 0. The zero-order valence-electron chi connectivity index (χ0n) is 7.25. The molecule has 2 heterocycles. The van der Waals surface area contributed by atoms with Gasteiger partial charge in [0.05, 0.1) is 0 Å². The van der Waals surface area contributed by atoms with Gasteiger partial charge in [-0.2, -0.15) is 5.21 Å². The van der Waals surface area contributed by atoms with Crippen molar-refractivity contribution >= 4 is 63.7 Å². The quantitative estimate of drug-likeness (QED) is 0.647. The Morgan fingerprint density at radius 1 is 1.00 bits per heavy atom. The first-order valence-electron chi connectivity index (χ1n) is 3.44. The van der Waals surface area contributed by atoms with Crippen LogP contribution >= 0.6 is 63.7 Å². The number of hydrogen-bond acceptors (Lipinski definition) is 4. The van der Waals surface area contributed by atoms with Crippen LogP contribution in [0.1, 0.15) is 0 Å². The number of nitrogens with zero attached hydrogens (tertiary/aromatic N) is 5. The predicted molar refractivity (Wildman–Crippen MR) is 68.2 cm³/mol. The van der Waals surface area contributed by atoms with Gasteiger partial charge in [0.15, 0.2) is 13.8 Å². The molecule has 0 saturated carbocycles. The van der Waals surface area contributed by atoms with E-state index >= 15 is 0 Å². The number of hydrogen-bond donors (Lipinski definition) is 1. The first-order chi connectivity index (χ1) is 7.02. The van der Waals surface area contributed by atoms with Crippen molar-refractivity contribution in [2.75, 3.05) is 0 Å². The first kappa shape index (κ1) is 13.3. The summed E-state index contributed by atoms with van der Waals surface area (Å²) in [6.45, 7) is 0. The third-order valence-electron chi connectivity index (χ3n) is 1.19. The second-order valence-electron chi connectivity index (χ2n) is 2.20. The summed E-state index contributed by atoms with van der Waals surface area (Å²) in [5.74, 6) is 0. The molecule has 0 unspecified atom stereocenters. The lowest BCUT2D eigenvalue weighted by Crippen LogP contribution is -1.88. The van der Waals surface area contributed by atoms with Crippen LogP contribution in [-0.2, 0) is 7.05 Å². The average molecular weight is 468 g/mol. The Morgan fingerprint density at radius 2 is 1.53 bits per heavy atom. The van der Waals surface area contributed by atoms with Gasteiger partial charge in [-0.25, -0.2) is 4.68 Å². The van der Waals surface area contributed by atoms with E-state index in [1.54, 1.807) is 4.68 Å². The molecule has 0 aliphatic heterocycles. The highest BCUT2D eigenvalue weighted by atomic mass is 79.9. The molecule has 2 rings (SSSR count). The largest absolute Gasteiger partial charge is 0.240 e. The zero-order valence-corrected chi connectivity index (χ0v) is 13.6. The van der Waals surface area contributed by atoms with E-state index in [1.165, 1.54) is 0 Å². The van der Waals surface area contributed by atoms with Crippen molar-refractivity contribution in [1.29, 1.82) is 0 Å². The smallest absolute Gasteiger partial charge is 0.162 e. The molecule has 2 aromatic rings. The van der Waals surface area contributed by atoms with Crippen molar-refractivity contribution in [3.05, 3.63) is 18.4 Å². The molecule has 82 valence electrons. The number of H-pyrrole nitrogens is 1. The van der Waals surface area contributed by atoms with Gasteiger partial charge in [0.25, 0.3) is 0 Å². The predicted octanol–water partition coefficient (Wildman–Crippen LogP) is 2.67. The number of aromatic nitrogens is 6. The second kappa shape index (κ2) is 6.06. The number of halogens is 4. The van der Waals surface area contributed by atoms with Crippen molar-refractivity contribution in [1.82, 2.24) is 30.4 Å². The molecule has 1 N–H and O–H groups in total. The van der Waals surface area contributed by atoms with Crippen LogP contribution in [0.3, 0.4) is 0 Å². The molecule has 0 aromatic carbocycles. The molecule has 0 spiro atoms. The van der Waals surface area contributed by atoms with Crippen molar-refractivity contribution in [2.45, 2.75) is 0 Å². The number of rotatable bonds is 0. The molecule has 10 heteroatoms. The van der Waals surface area contributed by atoms with Gasteiger partial charge in [0.1, 0.15) is 4.60 Å². The van der Waals surface area contributed by atoms with Crippen LogP contribution in [0.4, 0.5) is 0 Å². The molecule has 0 fully saturated rings. The number of aryl methyl sites for hydroxylation is 1. The Balaban J connectivity index is 0.000000151. The summed E-state index contributed by atoms with van der Waals surface area (Å²) in [7, 11) is 1.81. The van der Waals surface area contributed by atoms with Crippen LogP contribution in [0.25, 0.3) is 0 Å². The monoisotopic (exact) mass is 464 g/mol. The molecule has 0 aliphatic carbocycles. The Kier molecular flexibility index (Phi) is 5.36. The van der Waals surface area contributed by atoms with E-state index in [1.807, 2.05) is 7.05 Å². The lowest BCUT2D eigenvalue weighted by atomic mass is 10.9. The SMILES string of the molecule is Brc1n[nH]nc1Br.Cn1nnc(Br)c1Br. The van der Waals surface area contributed by atoms with Gasteiger partial charge in [-0.1, -0.05) is 5.21 Å². The van der Waals surface area contributed by atoms with E-state index < -0.39 is 0 Å². The maximum absolute atomic E-state index is 3.70. The van der Waals surface area contributed by atoms with Gasteiger partial charge in [-0.3, -0.25) is 0 Å². The van der Waals surface area contributed by atoms with Crippen LogP contribution in [0.2, 0.25) is 0 Å². The maximum Gasteiger partial charge on any atom is 0.162 e. The van der Waals surface area contributed by atoms with Gasteiger partial charge < -0.3 is 0 Å². The van der Waals surface area contributed by atoms with Gasteiger partial charge in [0.2, 0.25) is 0 Å². The summed E-state index contributed by atoms with van der Waals surface area (Å²) in [4.78, 5) is 0. The number of nitrogens with one attached hydrogen (secondary N) is 1. The molecule has 0 amide bonds. The minimum atomic E-state index is 0.701. The van der Waals surface area contributed by atoms with Crippen LogP contribution in [0, 0.1) is 0 Å². The highest BCUT2D eigenvalue weighted by molar-refractivity contribution is 9.13. The van der Waals surface area contributed by atoms with Gasteiger partial charge in [0, 0.05) is 7.05 Å². The van der Waals surface area contributed by atoms with E-state index in [0.29, 0.717) is 9.21 Å². The molecule has 0 atom stereocenters. The average Bonchev–Trinajstić information content (AvgIpc) is 2.70. The minimum absolute atomic E-state index is 0.701. The zero-order chi connectivity index (χ0) is 11.4. The lowest BCUT2D eigenvalue weighted by molar-refractivity contribution is 0.702. The minimum Gasteiger partial charge on any atom is -0.240 e. The van der Waals surface area contributed by atoms with Crippen molar-refractivity contribution in [3.63, 3.8) is 0 Å². The summed E-state index contributed by atoms with van der Waals surface area (Å²) < 4.78 is 4.63. The molecule has 0 bridgehead atoms. The fourth-order valence-corrected chi connectivity index (χ4v) is 1.34. The Morgan fingerprint density at radius 3 is 1.67 bits per heavy atom. The molecule has 2 aromatic heterocycles. The fraction of sp³-hybridized carbons (Fsp3) is 0.200. The van der Waals surface area contributed by atoms with Crippen LogP contribution in [0.15, 0.2) is 18.4 Å². The standard InChI is InChI=1S/C3H3Br2N3.C2HBr2N3/c1-8-3(5)2(4)6-7-8;3-1-2(4)6-7-5-1/h1H3;(H,5,6,7). The van der Waals surface area contributed by atoms with E-state index in [-0.39, 0.29) is 0 Å². The van der Waals surface area contributed by atoms with E-state index in [9.17, 15) is 0 Å². The highest BCUT2D eigenvalue weighted by Crippen LogP contribution is 2.17.